The van der Waals surface area contributed by atoms with Crippen LogP contribution in [0.3, 0.4) is 0 Å². The number of alkyl carbamates (subject to hydrolysis) is 3. The van der Waals surface area contributed by atoms with Gasteiger partial charge in [0.25, 0.3) is 0 Å². The number of hydrogen-bond donors (Lipinski definition) is 7. The number of rotatable bonds is 27. The van der Waals surface area contributed by atoms with Crippen LogP contribution in [0.2, 0.25) is 0 Å². The second-order valence-corrected chi connectivity index (χ2v) is 19.9. The number of hydrogen-bond acceptors (Lipinski definition) is 10. The quantitative estimate of drug-likeness (QED) is 0.0316. The molecule has 10 N–H and O–H groups in total. The minimum atomic E-state index is -0.431. The van der Waals surface area contributed by atoms with Crippen molar-refractivity contribution in [3.05, 3.63) is 0 Å². The maximum atomic E-state index is 13.6. The molecule has 4 rings (SSSR count). The van der Waals surface area contributed by atoms with Gasteiger partial charge in [0.2, 0.25) is 5.91 Å². The molecule has 0 bridgehead atoms. The van der Waals surface area contributed by atoms with Gasteiger partial charge in [-0.1, -0.05) is 85.5 Å². The Kier molecular flexibility index (Phi) is 22.4. The Morgan fingerprint density at radius 2 is 1.18 bits per heavy atom. The number of unbranched alkanes of at least 4 members (excludes halogenated alkanes) is 9. The van der Waals surface area contributed by atoms with Crippen LogP contribution in [0.4, 0.5) is 14.4 Å². The minimum absolute atomic E-state index is 0.0558. The highest BCUT2D eigenvalue weighted by Gasteiger charge is 2.68. The van der Waals surface area contributed by atoms with Gasteiger partial charge >= 0.3 is 18.3 Å². The summed E-state index contributed by atoms with van der Waals surface area (Å²) < 4.78 is 19.0. The van der Waals surface area contributed by atoms with E-state index in [0.717, 1.165) is 51.5 Å². The molecule has 4 aliphatic rings. The first-order chi connectivity index (χ1) is 29.9. The molecule has 0 spiro atoms. The third-order valence-corrected chi connectivity index (χ3v) is 15.9. The van der Waals surface area contributed by atoms with Gasteiger partial charge < -0.3 is 52.7 Å². The molecule has 14 heteroatoms. The van der Waals surface area contributed by atoms with Crippen LogP contribution in [-0.4, -0.2) is 88.3 Å². The van der Waals surface area contributed by atoms with Crippen molar-refractivity contribution >= 4 is 24.2 Å². The van der Waals surface area contributed by atoms with Crippen molar-refractivity contribution in [2.45, 2.75) is 187 Å². The number of nitrogens with two attached hydrogens (primary N) is 3. The van der Waals surface area contributed by atoms with Gasteiger partial charge in [-0.3, -0.25) is 4.79 Å². The molecule has 0 aliphatic heterocycles. The zero-order valence-corrected chi connectivity index (χ0v) is 39.3. The number of carbonyl (C=O) groups is 4. The van der Waals surface area contributed by atoms with Crippen LogP contribution in [0.15, 0.2) is 0 Å². The number of amides is 4. The van der Waals surface area contributed by atoms with Gasteiger partial charge in [-0.15, -0.1) is 0 Å². The number of ether oxygens (including phenoxy) is 3. The van der Waals surface area contributed by atoms with Gasteiger partial charge in [0.15, 0.2) is 0 Å². The smallest absolute Gasteiger partial charge is 0.407 e. The van der Waals surface area contributed by atoms with E-state index in [2.05, 4.69) is 49.0 Å². The van der Waals surface area contributed by atoms with Gasteiger partial charge in [0, 0.05) is 43.9 Å². The molecular weight excluding hydrogens is 787 g/mol. The predicted octanol–water partition coefficient (Wildman–Crippen LogP) is 7.65. The molecule has 0 saturated heterocycles. The lowest BCUT2D eigenvalue weighted by Gasteiger charge is -2.64. The van der Waals surface area contributed by atoms with Crippen LogP contribution in [-0.2, 0) is 19.0 Å². The Hall–Kier alpha value is -2.84. The molecule has 62 heavy (non-hydrogen) atoms. The zero-order valence-electron chi connectivity index (χ0n) is 39.3. The highest BCUT2D eigenvalue weighted by Crippen LogP contribution is 2.69. The zero-order chi connectivity index (χ0) is 45.0. The maximum absolute atomic E-state index is 13.6. The number of carbonyl (C=O) groups excluding carboxylic acids is 4. The summed E-state index contributed by atoms with van der Waals surface area (Å²) in [6.45, 7) is 12.7. The van der Waals surface area contributed by atoms with E-state index >= 15 is 0 Å². The Balaban J connectivity index is 1.49. The Bertz CT molecular complexity index is 1360. The topological polar surface area (TPSA) is 222 Å². The second kappa shape index (κ2) is 26.8. The highest BCUT2D eigenvalue weighted by atomic mass is 16.6. The van der Waals surface area contributed by atoms with Crippen LogP contribution in [0.5, 0.6) is 0 Å². The van der Waals surface area contributed by atoms with E-state index in [1.54, 1.807) is 0 Å². The van der Waals surface area contributed by atoms with Gasteiger partial charge in [-0.05, 0) is 132 Å². The van der Waals surface area contributed by atoms with Crippen LogP contribution in [0.25, 0.3) is 0 Å². The fraction of sp³-hybridized carbons (Fsp3) is 0.917. The SMILES string of the molecule is CCCCCCCCCCCCNC(=O)CC[C@@H](C)[C@H]1CC[C@H]2C3[C@H](OC(=O)NCCCN)CC4C[C@H](OC(=O)NCCCN)CC[C@]4(C)[C@H]3C[C@H](OC(=O)NCCCN)[C@]12C. The fourth-order valence-electron chi connectivity index (χ4n) is 12.4. The fourth-order valence-corrected chi connectivity index (χ4v) is 12.4. The minimum Gasteiger partial charge on any atom is -0.446 e. The first-order valence-corrected chi connectivity index (χ1v) is 25.1. The lowest BCUT2D eigenvalue weighted by atomic mass is 9.43. The molecule has 2 unspecified atom stereocenters. The van der Waals surface area contributed by atoms with Crippen molar-refractivity contribution in [2.24, 2.45) is 63.5 Å². The highest BCUT2D eigenvalue weighted by molar-refractivity contribution is 5.75. The average Bonchev–Trinajstić information content (AvgIpc) is 3.61. The standard InChI is InChI=1S/C48H89N7O7/c1-5-6-7-8-9-10-11-12-13-14-27-52-42(56)21-18-34(2)37-19-20-38-43-39(33-41(48(37,38)4)62-46(59)55-30-17-26-51)47(3)23-22-36(60-44(57)53-28-15-24-49)31-35(47)32-40(43)61-45(58)54-29-16-25-50/h34-41,43H,5-33,49-51H2,1-4H3,(H,52,56)(H,53,57)(H,54,58)(H,55,59)/t34-,35?,36-,37-,38+,39+,40-,41+,43?,47+,48-/m1/s1. The Morgan fingerprint density at radius 1 is 0.629 bits per heavy atom. The largest absolute Gasteiger partial charge is 0.446 e. The van der Waals surface area contributed by atoms with Crippen molar-refractivity contribution in [3.8, 4) is 0 Å². The number of nitrogens with one attached hydrogen (secondary N) is 4. The molecule has 4 fully saturated rings. The molecule has 14 nitrogen and oxygen atoms in total. The third-order valence-electron chi connectivity index (χ3n) is 15.9. The molecule has 358 valence electrons. The van der Waals surface area contributed by atoms with Crippen LogP contribution < -0.4 is 38.5 Å². The van der Waals surface area contributed by atoms with Crippen molar-refractivity contribution in [1.29, 1.82) is 0 Å². The second-order valence-electron chi connectivity index (χ2n) is 19.9. The molecule has 4 aliphatic carbocycles. The van der Waals surface area contributed by atoms with Crippen molar-refractivity contribution in [2.75, 3.05) is 45.8 Å². The Morgan fingerprint density at radius 3 is 1.77 bits per heavy atom. The van der Waals surface area contributed by atoms with Crippen LogP contribution >= 0.6 is 0 Å². The van der Waals surface area contributed by atoms with E-state index in [1.165, 1.54) is 51.4 Å². The van der Waals surface area contributed by atoms with Crippen molar-refractivity contribution in [1.82, 2.24) is 21.3 Å². The van der Waals surface area contributed by atoms with E-state index in [1.807, 2.05) is 0 Å². The molecular formula is C48H89N7O7. The van der Waals surface area contributed by atoms with Gasteiger partial charge in [-0.25, -0.2) is 14.4 Å². The van der Waals surface area contributed by atoms with Crippen molar-refractivity contribution in [3.63, 3.8) is 0 Å². The van der Waals surface area contributed by atoms with E-state index in [9.17, 15) is 19.2 Å². The molecule has 0 heterocycles. The lowest BCUT2D eigenvalue weighted by molar-refractivity contribution is -0.206. The summed E-state index contributed by atoms with van der Waals surface area (Å²) in [5, 5.41) is 11.9. The van der Waals surface area contributed by atoms with Crippen LogP contribution in [0, 0.1) is 46.3 Å². The van der Waals surface area contributed by atoms with Gasteiger partial charge in [0.1, 0.15) is 18.3 Å². The van der Waals surface area contributed by atoms with Crippen molar-refractivity contribution < 1.29 is 33.4 Å². The molecule has 0 radical (unpaired) electrons. The molecule has 0 aromatic heterocycles. The van der Waals surface area contributed by atoms with E-state index in [-0.39, 0.29) is 65.1 Å². The summed E-state index contributed by atoms with van der Waals surface area (Å²) in [7, 11) is 0. The van der Waals surface area contributed by atoms with Gasteiger partial charge in [0.05, 0.1) is 0 Å². The molecule has 4 amide bonds. The average molecular weight is 876 g/mol. The maximum Gasteiger partial charge on any atom is 0.407 e. The lowest BCUT2D eigenvalue weighted by Crippen LogP contribution is -2.64. The summed E-state index contributed by atoms with van der Waals surface area (Å²) in [4.78, 5) is 53.0. The predicted molar refractivity (Wildman–Crippen MR) is 245 cm³/mol. The molecule has 0 aromatic rings. The summed E-state index contributed by atoms with van der Waals surface area (Å²) >= 11 is 0. The normalized spacial score (nSPS) is 30.5. The first kappa shape index (κ1) is 51.8. The number of fused-ring (bicyclic) bond motifs is 5. The van der Waals surface area contributed by atoms with Gasteiger partial charge in [-0.2, -0.15) is 0 Å². The first-order valence-electron chi connectivity index (χ1n) is 25.1. The third kappa shape index (κ3) is 14.6. The Labute approximate surface area is 374 Å². The molecule has 11 atom stereocenters. The summed E-state index contributed by atoms with van der Waals surface area (Å²) in [5.74, 6) is 0.939. The van der Waals surface area contributed by atoms with E-state index in [4.69, 9.17) is 31.4 Å². The molecule has 4 saturated carbocycles. The summed E-state index contributed by atoms with van der Waals surface area (Å²) in [6.07, 6.45) is 19.1. The van der Waals surface area contributed by atoms with E-state index < -0.39 is 23.7 Å². The summed E-state index contributed by atoms with van der Waals surface area (Å²) in [6, 6.07) is 0. The summed E-state index contributed by atoms with van der Waals surface area (Å²) in [5.41, 5.74) is 16.6. The van der Waals surface area contributed by atoms with Crippen LogP contribution in [0.1, 0.15) is 169 Å². The monoisotopic (exact) mass is 876 g/mol. The molecule has 0 aromatic carbocycles. The van der Waals surface area contributed by atoms with E-state index in [0.29, 0.717) is 84.2 Å².